The van der Waals surface area contributed by atoms with Gasteiger partial charge < -0.3 is 20.5 Å². The van der Waals surface area contributed by atoms with Crippen LogP contribution in [0.5, 0.6) is 0 Å². The molecule has 0 aliphatic rings. The number of pyridine rings is 1. The van der Waals surface area contributed by atoms with Crippen LogP contribution in [0.4, 0.5) is 10.6 Å². The van der Waals surface area contributed by atoms with Crippen molar-refractivity contribution in [3.05, 3.63) is 69.4 Å². The van der Waals surface area contributed by atoms with E-state index in [1.54, 1.807) is 48.6 Å². The van der Waals surface area contributed by atoms with Gasteiger partial charge in [0.15, 0.2) is 0 Å². The minimum Gasteiger partial charge on any atom is -0.465 e. The number of amides is 1. The molecule has 1 amide bonds. The number of carbonyl (C=O) groups is 1. The average molecular weight is 299 g/mol. The van der Waals surface area contributed by atoms with Gasteiger partial charge in [0.1, 0.15) is 6.20 Å². The summed E-state index contributed by atoms with van der Waals surface area (Å²) in [7, 11) is 0. The van der Waals surface area contributed by atoms with E-state index in [1.807, 2.05) is 0 Å². The highest BCUT2D eigenvalue weighted by atomic mass is 16.6. The molecule has 22 heavy (non-hydrogen) atoms. The molecule has 0 saturated heterocycles. The molecular weight excluding hydrogens is 286 g/mol. The highest BCUT2D eigenvalue weighted by Crippen LogP contribution is 2.17. The van der Waals surface area contributed by atoms with Crippen LogP contribution in [0.3, 0.4) is 0 Å². The maximum atomic E-state index is 10.9. The van der Waals surface area contributed by atoms with Crippen molar-refractivity contribution in [2.24, 2.45) is 0 Å². The van der Waals surface area contributed by atoms with Gasteiger partial charge in [-0.15, -0.1) is 0 Å². The first kappa shape index (κ1) is 15.2. The lowest BCUT2D eigenvalue weighted by atomic mass is 10.1. The smallest absolute Gasteiger partial charge is 0.404 e. The molecule has 1 aromatic heterocycles. The third-order valence-electron chi connectivity index (χ3n) is 2.87. The third kappa shape index (κ3) is 4.14. The second-order valence-corrected chi connectivity index (χ2v) is 4.41. The van der Waals surface area contributed by atoms with Gasteiger partial charge in [-0.1, -0.05) is 30.3 Å². The highest BCUT2D eigenvalue weighted by molar-refractivity contribution is 5.72. The van der Waals surface area contributed by atoms with Crippen LogP contribution in [0.2, 0.25) is 0 Å². The van der Waals surface area contributed by atoms with Crippen molar-refractivity contribution in [3.8, 4) is 0 Å². The Balaban J connectivity index is 2.11. The van der Waals surface area contributed by atoms with E-state index in [-0.39, 0.29) is 12.4 Å². The topological polar surface area (TPSA) is 105 Å². The van der Waals surface area contributed by atoms with E-state index < -0.39 is 11.0 Å². The summed E-state index contributed by atoms with van der Waals surface area (Å²) in [6, 6.07) is 10.4. The van der Waals surface area contributed by atoms with Crippen LogP contribution >= 0.6 is 0 Å². The first-order valence-corrected chi connectivity index (χ1v) is 6.39. The van der Waals surface area contributed by atoms with Crippen LogP contribution in [0.15, 0.2) is 42.6 Å². The molecule has 7 nitrogen and oxygen atoms in total. The Labute approximate surface area is 126 Å². The zero-order chi connectivity index (χ0) is 15.9. The molecule has 112 valence electrons. The zero-order valence-corrected chi connectivity index (χ0v) is 11.5. The molecule has 0 spiro atoms. The third-order valence-corrected chi connectivity index (χ3v) is 2.87. The summed E-state index contributed by atoms with van der Waals surface area (Å²) >= 11 is 0. The van der Waals surface area contributed by atoms with Crippen molar-refractivity contribution in [1.82, 2.24) is 10.3 Å². The number of benzene rings is 1. The van der Waals surface area contributed by atoms with Crippen LogP contribution in [0.25, 0.3) is 12.2 Å². The molecule has 2 N–H and O–H groups in total. The maximum Gasteiger partial charge on any atom is 0.404 e. The van der Waals surface area contributed by atoms with E-state index in [0.29, 0.717) is 5.56 Å². The maximum absolute atomic E-state index is 10.9. The van der Waals surface area contributed by atoms with Gasteiger partial charge in [-0.3, -0.25) is 0 Å². The van der Waals surface area contributed by atoms with Crippen LogP contribution in [-0.4, -0.2) is 21.1 Å². The predicted octanol–water partition coefficient (Wildman–Crippen LogP) is 2.93. The van der Waals surface area contributed by atoms with Crippen molar-refractivity contribution >= 4 is 24.1 Å². The fraction of sp³-hybridized carbons (Fsp3) is 0.0667. The Morgan fingerprint density at radius 2 is 2.00 bits per heavy atom. The molecule has 0 unspecified atom stereocenters. The minimum absolute atomic E-state index is 0.193. The standard InChI is InChI=1S/C15H13N3O4/c19-15(20)17-10-12-5-3-11(4-6-12)7-8-13-2-1-9-16-14(13)18(21)22/h1-9,17H,10H2,(H,19,20)/b8-7+. The van der Waals surface area contributed by atoms with Crippen LogP contribution < -0.4 is 5.32 Å². The molecular formula is C15H13N3O4. The minimum atomic E-state index is -1.08. The molecule has 0 radical (unpaired) electrons. The quantitative estimate of drug-likeness (QED) is 0.652. The van der Waals surface area contributed by atoms with Gasteiger partial charge in [0.2, 0.25) is 0 Å². The zero-order valence-electron chi connectivity index (χ0n) is 11.5. The molecule has 0 aliphatic heterocycles. The van der Waals surface area contributed by atoms with Gasteiger partial charge >= 0.3 is 11.9 Å². The summed E-state index contributed by atoms with van der Waals surface area (Å²) in [5.41, 5.74) is 2.09. The Morgan fingerprint density at radius 1 is 1.27 bits per heavy atom. The summed E-state index contributed by atoms with van der Waals surface area (Å²) in [5, 5.41) is 21.7. The lowest BCUT2D eigenvalue weighted by Gasteiger charge is -2.02. The Morgan fingerprint density at radius 3 is 2.64 bits per heavy atom. The number of nitrogens with one attached hydrogen (secondary N) is 1. The number of nitro groups is 1. The highest BCUT2D eigenvalue weighted by Gasteiger charge is 2.10. The van der Waals surface area contributed by atoms with Gasteiger partial charge in [0.05, 0.1) is 5.56 Å². The monoisotopic (exact) mass is 299 g/mol. The number of rotatable bonds is 5. The van der Waals surface area contributed by atoms with E-state index in [0.717, 1.165) is 11.1 Å². The van der Waals surface area contributed by atoms with Crippen molar-refractivity contribution in [2.75, 3.05) is 0 Å². The number of carboxylic acid groups (broad SMARTS) is 1. The van der Waals surface area contributed by atoms with E-state index >= 15 is 0 Å². The number of aromatic nitrogens is 1. The number of nitrogens with zero attached hydrogens (tertiary/aromatic N) is 2. The number of hydrogen-bond acceptors (Lipinski definition) is 4. The first-order valence-electron chi connectivity index (χ1n) is 6.39. The fourth-order valence-electron chi connectivity index (χ4n) is 1.80. The molecule has 1 heterocycles. The Hall–Kier alpha value is -3.22. The predicted molar refractivity (Wildman–Crippen MR) is 81.1 cm³/mol. The normalized spacial score (nSPS) is 10.5. The summed E-state index contributed by atoms with van der Waals surface area (Å²) in [4.78, 5) is 24.5. The Bertz CT molecular complexity index is 711. The molecule has 0 atom stereocenters. The van der Waals surface area contributed by atoms with E-state index in [1.165, 1.54) is 6.20 Å². The molecule has 0 aliphatic carbocycles. The summed E-state index contributed by atoms with van der Waals surface area (Å²) in [5.74, 6) is -0.193. The molecule has 2 aromatic rings. The van der Waals surface area contributed by atoms with Crippen molar-refractivity contribution < 1.29 is 14.8 Å². The van der Waals surface area contributed by atoms with Gasteiger partial charge in [0.25, 0.3) is 0 Å². The largest absolute Gasteiger partial charge is 0.465 e. The van der Waals surface area contributed by atoms with Gasteiger partial charge in [0, 0.05) is 6.54 Å². The van der Waals surface area contributed by atoms with Crippen LogP contribution in [0, 0.1) is 10.1 Å². The van der Waals surface area contributed by atoms with Crippen LogP contribution in [-0.2, 0) is 6.54 Å². The summed E-state index contributed by atoms with van der Waals surface area (Å²) in [6.45, 7) is 0.230. The fourth-order valence-corrected chi connectivity index (χ4v) is 1.80. The van der Waals surface area contributed by atoms with Crippen LogP contribution in [0.1, 0.15) is 16.7 Å². The molecule has 2 rings (SSSR count). The van der Waals surface area contributed by atoms with E-state index in [4.69, 9.17) is 5.11 Å². The van der Waals surface area contributed by atoms with Crippen molar-refractivity contribution in [3.63, 3.8) is 0 Å². The van der Waals surface area contributed by atoms with Crippen molar-refractivity contribution in [2.45, 2.75) is 6.54 Å². The molecule has 0 saturated carbocycles. The molecule has 7 heteroatoms. The van der Waals surface area contributed by atoms with E-state index in [9.17, 15) is 14.9 Å². The SMILES string of the molecule is O=C(O)NCc1ccc(/C=C/c2cccnc2[N+](=O)[O-])cc1. The molecule has 0 bridgehead atoms. The summed E-state index contributed by atoms with van der Waals surface area (Å²) in [6.07, 6.45) is 3.65. The number of hydrogen-bond donors (Lipinski definition) is 2. The van der Waals surface area contributed by atoms with Crippen molar-refractivity contribution in [1.29, 1.82) is 0 Å². The molecule has 0 fully saturated rings. The van der Waals surface area contributed by atoms with Gasteiger partial charge in [-0.05, 0) is 39.2 Å². The lowest BCUT2D eigenvalue weighted by Crippen LogP contribution is -2.19. The van der Waals surface area contributed by atoms with E-state index in [2.05, 4.69) is 10.3 Å². The molecule has 1 aromatic carbocycles. The van der Waals surface area contributed by atoms with Gasteiger partial charge in [-0.2, -0.15) is 0 Å². The first-order chi connectivity index (χ1) is 10.6. The second-order valence-electron chi connectivity index (χ2n) is 4.41. The average Bonchev–Trinajstić information content (AvgIpc) is 2.52. The van der Waals surface area contributed by atoms with Gasteiger partial charge in [-0.25, -0.2) is 4.79 Å². The Kier molecular flexibility index (Phi) is 4.81. The summed E-state index contributed by atoms with van der Waals surface area (Å²) < 4.78 is 0. The lowest BCUT2D eigenvalue weighted by molar-refractivity contribution is -0.389. The second kappa shape index (κ2) is 6.98.